The Morgan fingerprint density at radius 2 is 1.84 bits per heavy atom. The molecule has 0 amide bonds. The molecule has 114 valence electrons. The fourth-order valence-electron chi connectivity index (χ4n) is 1.62. The summed E-state index contributed by atoms with van der Waals surface area (Å²) in [4.78, 5) is 10.8. The third kappa shape index (κ3) is 12.1. The largest absolute Gasteiger partial charge is 0.481 e. The van der Waals surface area contributed by atoms with E-state index >= 15 is 0 Å². The Kier molecular flexibility index (Phi) is 10.8. The smallest absolute Gasteiger partial charge is 0.305 e. The van der Waals surface area contributed by atoms with Gasteiger partial charge in [0.25, 0.3) is 0 Å². The molecule has 0 aromatic rings. The molecule has 5 heteroatoms. The summed E-state index contributed by atoms with van der Waals surface area (Å²) in [5.74, 6) is -0.378. The normalized spacial score (nSPS) is 14.6. The lowest BCUT2D eigenvalue weighted by atomic mass is 10.1. The van der Waals surface area contributed by atoms with Crippen LogP contribution in [0.3, 0.4) is 0 Å². The van der Waals surface area contributed by atoms with Crippen LogP contribution in [0.4, 0.5) is 0 Å². The van der Waals surface area contributed by atoms with Crippen molar-refractivity contribution in [3.05, 3.63) is 0 Å². The van der Waals surface area contributed by atoms with Crippen molar-refractivity contribution in [3.63, 3.8) is 0 Å². The standard InChI is InChI=1S/C14H28O5/c1-5-17-6-7-18-13(9-14(15)16)8-12(4)19-10-11(2)3/h11-13H,5-10H2,1-4H3,(H,15,16). The SMILES string of the molecule is CCOCCOC(CC(=O)O)CC(C)OCC(C)C. The van der Waals surface area contributed by atoms with Crippen LogP contribution in [0.25, 0.3) is 0 Å². The topological polar surface area (TPSA) is 65.0 Å². The summed E-state index contributed by atoms with van der Waals surface area (Å²) in [6.45, 7) is 10.3. The number of carboxylic acids is 1. The summed E-state index contributed by atoms with van der Waals surface area (Å²) in [5.41, 5.74) is 0. The molecule has 2 unspecified atom stereocenters. The van der Waals surface area contributed by atoms with E-state index in [0.717, 1.165) is 0 Å². The highest BCUT2D eigenvalue weighted by Crippen LogP contribution is 2.11. The number of aliphatic carboxylic acids is 1. The molecular weight excluding hydrogens is 248 g/mol. The second kappa shape index (κ2) is 11.2. The molecule has 1 N–H and O–H groups in total. The van der Waals surface area contributed by atoms with Gasteiger partial charge in [-0.05, 0) is 19.8 Å². The summed E-state index contributed by atoms with van der Waals surface area (Å²) < 4.78 is 16.4. The molecule has 0 spiro atoms. The minimum absolute atomic E-state index is 0.00107. The quantitative estimate of drug-likeness (QED) is 0.554. The van der Waals surface area contributed by atoms with Gasteiger partial charge in [0.1, 0.15) is 0 Å². The first-order valence-corrected chi connectivity index (χ1v) is 6.98. The zero-order chi connectivity index (χ0) is 14.7. The average molecular weight is 276 g/mol. The van der Waals surface area contributed by atoms with Crippen LogP contribution in [0.1, 0.15) is 40.5 Å². The molecule has 0 rings (SSSR count). The maximum Gasteiger partial charge on any atom is 0.305 e. The van der Waals surface area contributed by atoms with Gasteiger partial charge < -0.3 is 19.3 Å². The minimum atomic E-state index is -0.850. The molecule has 0 saturated heterocycles. The van der Waals surface area contributed by atoms with E-state index in [0.29, 0.717) is 38.8 Å². The molecule has 0 fully saturated rings. The maximum atomic E-state index is 10.8. The Balaban J connectivity index is 3.99. The van der Waals surface area contributed by atoms with Gasteiger partial charge in [-0.15, -0.1) is 0 Å². The van der Waals surface area contributed by atoms with E-state index in [1.165, 1.54) is 0 Å². The van der Waals surface area contributed by atoms with Crippen LogP contribution in [0.5, 0.6) is 0 Å². The average Bonchev–Trinajstić information content (AvgIpc) is 2.31. The number of rotatable bonds is 12. The van der Waals surface area contributed by atoms with Crippen LogP contribution in [-0.4, -0.2) is 49.7 Å². The number of ether oxygens (including phenoxy) is 3. The Labute approximate surface area is 116 Å². The van der Waals surface area contributed by atoms with E-state index in [9.17, 15) is 4.79 Å². The van der Waals surface area contributed by atoms with Crippen LogP contribution in [-0.2, 0) is 19.0 Å². The first-order valence-electron chi connectivity index (χ1n) is 6.98. The van der Waals surface area contributed by atoms with Gasteiger partial charge in [-0.2, -0.15) is 0 Å². The monoisotopic (exact) mass is 276 g/mol. The van der Waals surface area contributed by atoms with Crippen LogP contribution in [0.2, 0.25) is 0 Å². The Morgan fingerprint density at radius 1 is 1.16 bits per heavy atom. The molecule has 0 bridgehead atoms. The summed E-state index contributed by atoms with van der Waals surface area (Å²) in [6, 6.07) is 0. The van der Waals surface area contributed by atoms with E-state index < -0.39 is 5.97 Å². The molecule has 5 nitrogen and oxygen atoms in total. The fraction of sp³-hybridized carbons (Fsp3) is 0.929. The van der Waals surface area contributed by atoms with Gasteiger partial charge >= 0.3 is 5.97 Å². The van der Waals surface area contributed by atoms with Crippen molar-refractivity contribution < 1.29 is 24.1 Å². The van der Waals surface area contributed by atoms with Crippen molar-refractivity contribution in [2.75, 3.05) is 26.4 Å². The van der Waals surface area contributed by atoms with E-state index in [2.05, 4.69) is 13.8 Å². The molecule has 0 aromatic carbocycles. The first-order chi connectivity index (χ1) is 8.95. The number of carboxylic acid groups (broad SMARTS) is 1. The van der Waals surface area contributed by atoms with Gasteiger partial charge in [0.2, 0.25) is 0 Å². The van der Waals surface area contributed by atoms with Crippen molar-refractivity contribution >= 4 is 5.97 Å². The van der Waals surface area contributed by atoms with Crippen molar-refractivity contribution in [3.8, 4) is 0 Å². The second-order valence-electron chi connectivity index (χ2n) is 5.06. The predicted molar refractivity (Wildman–Crippen MR) is 73.4 cm³/mol. The van der Waals surface area contributed by atoms with Gasteiger partial charge in [-0.25, -0.2) is 0 Å². The van der Waals surface area contributed by atoms with Gasteiger partial charge in [-0.3, -0.25) is 4.79 Å². The molecule has 2 atom stereocenters. The highest BCUT2D eigenvalue weighted by Gasteiger charge is 2.18. The van der Waals surface area contributed by atoms with Crippen molar-refractivity contribution in [2.45, 2.75) is 52.7 Å². The number of hydrogen-bond acceptors (Lipinski definition) is 4. The van der Waals surface area contributed by atoms with Crippen molar-refractivity contribution in [1.29, 1.82) is 0 Å². The third-order valence-electron chi connectivity index (χ3n) is 2.50. The third-order valence-corrected chi connectivity index (χ3v) is 2.50. The Hall–Kier alpha value is -0.650. The van der Waals surface area contributed by atoms with Gasteiger partial charge in [0, 0.05) is 19.6 Å². The van der Waals surface area contributed by atoms with Gasteiger partial charge in [-0.1, -0.05) is 13.8 Å². The number of carbonyl (C=O) groups is 1. The van der Waals surface area contributed by atoms with Gasteiger partial charge in [0.05, 0.1) is 31.8 Å². The van der Waals surface area contributed by atoms with Crippen molar-refractivity contribution in [1.82, 2.24) is 0 Å². The predicted octanol–water partition coefficient (Wildman–Crippen LogP) is 2.33. The van der Waals surface area contributed by atoms with E-state index in [1.807, 2.05) is 13.8 Å². The van der Waals surface area contributed by atoms with Crippen molar-refractivity contribution in [2.24, 2.45) is 5.92 Å². The summed E-state index contributed by atoms with van der Waals surface area (Å²) >= 11 is 0. The fourth-order valence-corrected chi connectivity index (χ4v) is 1.62. The van der Waals surface area contributed by atoms with Crippen LogP contribution in [0, 0.1) is 5.92 Å². The highest BCUT2D eigenvalue weighted by atomic mass is 16.5. The molecule has 0 aliphatic heterocycles. The molecule has 0 aliphatic rings. The number of hydrogen-bond donors (Lipinski definition) is 1. The summed E-state index contributed by atoms with van der Waals surface area (Å²) in [6.07, 6.45) is 0.270. The van der Waals surface area contributed by atoms with Gasteiger partial charge in [0.15, 0.2) is 0 Å². The van der Waals surface area contributed by atoms with Crippen LogP contribution < -0.4 is 0 Å². The maximum absolute atomic E-state index is 10.8. The Morgan fingerprint density at radius 3 is 2.37 bits per heavy atom. The lowest BCUT2D eigenvalue weighted by molar-refractivity contribution is -0.141. The summed E-state index contributed by atoms with van der Waals surface area (Å²) in [5, 5.41) is 8.87. The lowest BCUT2D eigenvalue weighted by Crippen LogP contribution is -2.26. The first kappa shape index (κ1) is 18.4. The zero-order valence-electron chi connectivity index (χ0n) is 12.6. The molecule has 0 aliphatic carbocycles. The van der Waals surface area contributed by atoms with E-state index in [-0.39, 0.29) is 18.6 Å². The highest BCUT2D eigenvalue weighted by molar-refractivity contribution is 5.67. The molecular formula is C14H28O5. The molecule has 19 heavy (non-hydrogen) atoms. The molecule has 0 saturated carbocycles. The zero-order valence-corrected chi connectivity index (χ0v) is 12.6. The molecule has 0 heterocycles. The lowest BCUT2D eigenvalue weighted by Gasteiger charge is -2.21. The van der Waals surface area contributed by atoms with E-state index in [1.54, 1.807) is 0 Å². The molecule has 0 aromatic heterocycles. The second-order valence-corrected chi connectivity index (χ2v) is 5.06. The minimum Gasteiger partial charge on any atom is -0.481 e. The van der Waals surface area contributed by atoms with Crippen LogP contribution in [0.15, 0.2) is 0 Å². The molecule has 0 radical (unpaired) electrons. The Bertz CT molecular complexity index is 230. The summed E-state index contributed by atoms with van der Waals surface area (Å²) in [7, 11) is 0. The van der Waals surface area contributed by atoms with E-state index in [4.69, 9.17) is 19.3 Å². The van der Waals surface area contributed by atoms with Crippen LogP contribution >= 0.6 is 0 Å².